The highest BCUT2D eigenvalue weighted by Gasteiger charge is 2.43. The fourth-order valence-electron chi connectivity index (χ4n) is 4.17. The number of fused-ring (bicyclic) bond motifs is 1. The zero-order valence-electron chi connectivity index (χ0n) is 16.4. The fourth-order valence-corrected chi connectivity index (χ4v) is 4.17. The summed E-state index contributed by atoms with van der Waals surface area (Å²) in [5, 5.41) is 0. The van der Waals surface area contributed by atoms with Gasteiger partial charge in [-0.2, -0.15) is 13.2 Å². The van der Waals surface area contributed by atoms with Gasteiger partial charge in [0.1, 0.15) is 5.92 Å². The van der Waals surface area contributed by atoms with Gasteiger partial charge in [-0.25, -0.2) is 0 Å². The summed E-state index contributed by atoms with van der Waals surface area (Å²) in [5.41, 5.74) is -0.138. The van der Waals surface area contributed by atoms with Gasteiger partial charge in [0.2, 0.25) is 6.79 Å². The molecule has 31 heavy (non-hydrogen) atoms. The van der Waals surface area contributed by atoms with Crippen LogP contribution in [0.3, 0.4) is 0 Å². The summed E-state index contributed by atoms with van der Waals surface area (Å²) < 4.78 is 50.4. The van der Waals surface area contributed by atoms with E-state index in [4.69, 9.17) is 9.47 Å². The maximum Gasteiger partial charge on any atom is 0.416 e. The van der Waals surface area contributed by atoms with Crippen molar-refractivity contribution in [1.29, 1.82) is 0 Å². The Kier molecular flexibility index (Phi) is 5.56. The second-order valence-electron chi connectivity index (χ2n) is 7.71. The number of ether oxygens (including phenoxy) is 2. The zero-order chi connectivity index (χ0) is 22.2. The van der Waals surface area contributed by atoms with Crippen LogP contribution in [0.25, 0.3) is 0 Å². The third kappa shape index (κ3) is 4.33. The highest BCUT2D eigenvalue weighted by Crippen LogP contribution is 2.40. The quantitative estimate of drug-likeness (QED) is 0.660. The van der Waals surface area contributed by atoms with Gasteiger partial charge < -0.3 is 9.47 Å². The van der Waals surface area contributed by atoms with Gasteiger partial charge in [0.15, 0.2) is 28.8 Å². The van der Waals surface area contributed by atoms with Crippen LogP contribution in [-0.2, 0) is 27.0 Å². The predicted octanol–water partition coefficient (Wildman–Crippen LogP) is 4.27. The lowest BCUT2D eigenvalue weighted by Crippen LogP contribution is -2.38. The molecule has 0 bridgehead atoms. The van der Waals surface area contributed by atoms with E-state index in [-0.39, 0.29) is 31.6 Å². The van der Waals surface area contributed by atoms with Crippen LogP contribution in [0.2, 0.25) is 0 Å². The number of Topliss-reactive ketones (excluding diaryl/α,β-unsaturated/α-hetero) is 3. The van der Waals surface area contributed by atoms with Crippen LogP contribution < -0.4 is 9.47 Å². The normalized spacial score (nSPS) is 20.7. The van der Waals surface area contributed by atoms with Gasteiger partial charge in [0, 0.05) is 19.3 Å². The average Bonchev–Trinajstić information content (AvgIpc) is 3.19. The Labute approximate surface area is 176 Å². The number of hydrogen-bond acceptors (Lipinski definition) is 5. The minimum Gasteiger partial charge on any atom is -0.454 e. The molecule has 4 rings (SSSR count). The van der Waals surface area contributed by atoms with Crippen molar-refractivity contribution in [3.63, 3.8) is 0 Å². The summed E-state index contributed by atoms with van der Waals surface area (Å²) in [7, 11) is 0. The van der Waals surface area contributed by atoms with Crippen molar-refractivity contribution in [2.45, 2.75) is 37.8 Å². The first-order valence-electron chi connectivity index (χ1n) is 9.87. The van der Waals surface area contributed by atoms with Crippen molar-refractivity contribution in [2.24, 2.45) is 5.92 Å². The summed E-state index contributed by atoms with van der Waals surface area (Å²) in [4.78, 5) is 37.8. The predicted molar refractivity (Wildman–Crippen MR) is 103 cm³/mol. The van der Waals surface area contributed by atoms with E-state index in [1.807, 2.05) is 0 Å². The first kappa shape index (κ1) is 21.1. The molecule has 1 aliphatic carbocycles. The first-order valence-corrected chi connectivity index (χ1v) is 9.87. The highest BCUT2D eigenvalue weighted by atomic mass is 19.4. The lowest BCUT2D eigenvalue weighted by molar-refractivity contribution is -0.144. The van der Waals surface area contributed by atoms with Gasteiger partial charge in [-0.15, -0.1) is 0 Å². The van der Waals surface area contributed by atoms with Gasteiger partial charge in [0.05, 0.1) is 5.56 Å². The van der Waals surface area contributed by atoms with E-state index in [2.05, 4.69) is 0 Å². The van der Waals surface area contributed by atoms with Gasteiger partial charge >= 0.3 is 6.18 Å². The Morgan fingerprint density at radius 2 is 1.65 bits per heavy atom. The number of ketones is 3. The smallest absolute Gasteiger partial charge is 0.416 e. The van der Waals surface area contributed by atoms with Crippen LogP contribution in [0.15, 0.2) is 42.5 Å². The summed E-state index contributed by atoms with van der Waals surface area (Å²) in [5.74, 6) is -2.84. The molecule has 2 aromatic carbocycles. The number of carbonyl (C=O) groups is 3. The van der Waals surface area contributed by atoms with Crippen molar-refractivity contribution >= 4 is 17.3 Å². The van der Waals surface area contributed by atoms with Gasteiger partial charge in [-0.3, -0.25) is 14.4 Å². The molecule has 1 aliphatic heterocycles. The topological polar surface area (TPSA) is 69.7 Å². The van der Waals surface area contributed by atoms with Crippen LogP contribution in [0.5, 0.6) is 11.5 Å². The molecule has 2 aromatic rings. The Morgan fingerprint density at radius 1 is 0.968 bits per heavy atom. The third-order valence-electron chi connectivity index (χ3n) is 5.66. The molecule has 0 atom stereocenters. The molecule has 0 unspecified atom stereocenters. The van der Waals surface area contributed by atoms with Gasteiger partial charge in [-0.05, 0) is 41.7 Å². The van der Waals surface area contributed by atoms with Crippen LogP contribution in [0.1, 0.15) is 41.9 Å². The summed E-state index contributed by atoms with van der Waals surface area (Å²) in [6.45, 7) is 0.126. The number of rotatable bonds is 5. The maximum atomic E-state index is 13.3. The molecule has 0 aromatic heterocycles. The molecule has 1 fully saturated rings. The molecule has 1 heterocycles. The van der Waals surface area contributed by atoms with Crippen LogP contribution in [0.4, 0.5) is 13.2 Å². The van der Waals surface area contributed by atoms with Crippen LogP contribution in [-0.4, -0.2) is 24.1 Å². The van der Waals surface area contributed by atoms with Crippen LogP contribution >= 0.6 is 0 Å². The number of hydrogen-bond donors (Lipinski definition) is 0. The molecule has 5 nitrogen and oxygen atoms in total. The summed E-state index contributed by atoms with van der Waals surface area (Å²) in [6.07, 6.45) is -4.82. The Balaban J connectivity index is 1.43. The molecule has 0 N–H and O–H groups in total. The number of aryl methyl sites for hydroxylation is 1. The molecule has 0 spiro atoms. The van der Waals surface area contributed by atoms with Crippen molar-refractivity contribution in [3.05, 3.63) is 59.2 Å². The Bertz CT molecular complexity index is 1030. The van der Waals surface area contributed by atoms with E-state index in [1.165, 1.54) is 18.2 Å². The molecule has 0 radical (unpaired) electrons. The van der Waals surface area contributed by atoms with Crippen molar-refractivity contribution in [1.82, 2.24) is 0 Å². The van der Waals surface area contributed by atoms with E-state index < -0.39 is 40.9 Å². The number of halogens is 3. The van der Waals surface area contributed by atoms with Crippen molar-refractivity contribution in [3.8, 4) is 11.5 Å². The second-order valence-corrected chi connectivity index (χ2v) is 7.71. The minimum absolute atomic E-state index is 0.0222. The number of carbonyl (C=O) groups excluding carboxylic acids is 3. The second kappa shape index (κ2) is 8.17. The lowest BCUT2D eigenvalue weighted by atomic mass is 9.73. The molecule has 0 amide bonds. The van der Waals surface area contributed by atoms with E-state index in [1.54, 1.807) is 18.2 Å². The van der Waals surface area contributed by atoms with Crippen molar-refractivity contribution in [2.75, 3.05) is 6.79 Å². The lowest BCUT2D eigenvalue weighted by Gasteiger charge is -2.27. The molecule has 2 aliphatic rings. The molecule has 0 saturated heterocycles. The average molecular weight is 432 g/mol. The third-order valence-corrected chi connectivity index (χ3v) is 5.66. The SMILES string of the molecule is O=C(CCc1ccc2c(c1)OCO2)C1C(=O)CC(c2ccccc2C(F)(F)F)CC1=O. The Hall–Kier alpha value is -3.16. The molecule has 1 saturated carbocycles. The monoisotopic (exact) mass is 432 g/mol. The Morgan fingerprint density at radius 3 is 2.35 bits per heavy atom. The molecule has 8 heteroatoms. The fraction of sp³-hybridized carbons (Fsp3) is 0.348. The van der Waals surface area contributed by atoms with Gasteiger partial charge in [-0.1, -0.05) is 24.3 Å². The van der Waals surface area contributed by atoms with Crippen molar-refractivity contribution < 1.29 is 37.0 Å². The largest absolute Gasteiger partial charge is 0.454 e. The van der Waals surface area contributed by atoms with Gasteiger partial charge in [0.25, 0.3) is 0 Å². The number of benzene rings is 2. The zero-order valence-corrected chi connectivity index (χ0v) is 16.4. The molecular weight excluding hydrogens is 413 g/mol. The maximum absolute atomic E-state index is 13.3. The van der Waals surface area contributed by atoms with E-state index >= 15 is 0 Å². The van der Waals surface area contributed by atoms with Crippen LogP contribution in [0, 0.1) is 5.92 Å². The minimum atomic E-state index is -4.58. The molecule has 162 valence electrons. The summed E-state index contributed by atoms with van der Waals surface area (Å²) in [6, 6.07) is 10.2. The van der Waals surface area contributed by atoms with E-state index in [0.717, 1.165) is 11.6 Å². The first-order chi connectivity index (χ1) is 14.7. The standard InChI is InChI=1S/C23H19F3O5/c24-23(25,26)16-4-2-1-3-15(16)14-10-18(28)22(19(29)11-14)17(27)7-5-13-6-8-20-21(9-13)31-12-30-20/h1-4,6,8-9,14,22H,5,7,10-12H2. The molecular formula is C23H19F3O5. The van der Waals surface area contributed by atoms with E-state index in [0.29, 0.717) is 17.9 Å². The van der Waals surface area contributed by atoms with E-state index in [9.17, 15) is 27.6 Å². The number of alkyl halides is 3. The highest BCUT2D eigenvalue weighted by molar-refractivity contribution is 6.21. The summed E-state index contributed by atoms with van der Waals surface area (Å²) >= 11 is 0.